The van der Waals surface area contributed by atoms with Crippen LogP contribution in [0.2, 0.25) is 0 Å². The molecule has 1 aromatic carbocycles. The number of hydrogen-bond acceptors (Lipinski definition) is 3. The highest BCUT2D eigenvalue weighted by molar-refractivity contribution is 8.01. The largest absolute Gasteiger partial charge is 0.329 e. The summed E-state index contributed by atoms with van der Waals surface area (Å²) in [4.78, 5) is 0. The van der Waals surface area contributed by atoms with Crippen molar-refractivity contribution in [1.82, 2.24) is 0 Å². The van der Waals surface area contributed by atoms with Crippen molar-refractivity contribution in [3.8, 4) is 0 Å². The van der Waals surface area contributed by atoms with Gasteiger partial charge in [0, 0.05) is 11.8 Å². The lowest BCUT2D eigenvalue weighted by Gasteiger charge is -2.13. The minimum atomic E-state index is -0.206. The van der Waals surface area contributed by atoms with Crippen molar-refractivity contribution in [3.05, 3.63) is 53.2 Å². The Kier molecular flexibility index (Phi) is 3.98. The van der Waals surface area contributed by atoms with Gasteiger partial charge in [-0.1, -0.05) is 18.2 Å². The van der Waals surface area contributed by atoms with E-state index in [-0.39, 0.29) is 11.1 Å². The summed E-state index contributed by atoms with van der Waals surface area (Å²) in [6, 6.07) is 10.7. The summed E-state index contributed by atoms with van der Waals surface area (Å²) in [5.41, 5.74) is 6.68. The predicted molar refractivity (Wildman–Crippen MR) is 68.4 cm³/mol. The molecule has 84 valence electrons. The molecule has 1 heterocycles. The van der Waals surface area contributed by atoms with Gasteiger partial charge in [-0.2, -0.15) is 0 Å². The standard InChI is InChI=1S/C12H12FNS2/c13-10-4-1-3-9(7-10)11(8-14)16-12-5-2-6-15-12/h1-7,11H,8,14H2. The molecule has 0 bridgehead atoms. The van der Waals surface area contributed by atoms with Gasteiger partial charge in [-0.15, -0.1) is 23.1 Å². The molecule has 1 nitrogen and oxygen atoms in total. The van der Waals surface area contributed by atoms with Crippen molar-refractivity contribution in [2.24, 2.45) is 5.73 Å². The highest BCUT2D eigenvalue weighted by Gasteiger charge is 2.12. The van der Waals surface area contributed by atoms with E-state index in [1.165, 1.54) is 10.3 Å². The molecule has 0 aliphatic rings. The van der Waals surface area contributed by atoms with Crippen molar-refractivity contribution >= 4 is 23.1 Å². The quantitative estimate of drug-likeness (QED) is 0.841. The molecule has 0 saturated carbocycles. The molecule has 0 saturated heterocycles. The molecule has 0 fully saturated rings. The highest BCUT2D eigenvalue weighted by atomic mass is 32.2. The van der Waals surface area contributed by atoms with Gasteiger partial charge in [0.15, 0.2) is 0 Å². The van der Waals surface area contributed by atoms with Crippen molar-refractivity contribution in [2.45, 2.75) is 9.46 Å². The van der Waals surface area contributed by atoms with Crippen LogP contribution >= 0.6 is 23.1 Å². The van der Waals surface area contributed by atoms with Crippen LogP contribution in [0.1, 0.15) is 10.8 Å². The zero-order valence-electron chi connectivity index (χ0n) is 8.60. The molecule has 1 aromatic heterocycles. The Hall–Kier alpha value is -0.840. The predicted octanol–water partition coefficient (Wildman–Crippen LogP) is 3.68. The summed E-state index contributed by atoms with van der Waals surface area (Å²) in [5.74, 6) is -0.206. The number of benzene rings is 1. The Morgan fingerprint density at radius 2 is 2.19 bits per heavy atom. The van der Waals surface area contributed by atoms with Gasteiger partial charge in [-0.05, 0) is 29.1 Å². The molecule has 0 aliphatic carbocycles. The number of thiophene rings is 1. The SMILES string of the molecule is NCC(Sc1cccs1)c1cccc(F)c1. The Balaban J connectivity index is 2.16. The van der Waals surface area contributed by atoms with E-state index in [4.69, 9.17) is 5.73 Å². The molecule has 0 aliphatic heterocycles. The van der Waals surface area contributed by atoms with E-state index in [1.54, 1.807) is 35.2 Å². The second-order valence-corrected chi connectivity index (χ2v) is 5.78. The van der Waals surface area contributed by atoms with Gasteiger partial charge in [-0.25, -0.2) is 4.39 Å². The van der Waals surface area contributed by atoms with Crippen LogP contribution in [0.5, 0.6) is 0 Å². The Morgan fingerprint density at radius 3 is 2.81 bits per heavy atom. The van der Waals surface area contributed by atoms with Crippen LogP contribution in [0.25, 0.3) is 0 Å². The van der Waals surface area contributed by atoms with Crippen molar-refractivity contribution in [2.75, 3.05) is 6.54 Å². The lowest BCUT2D eigenvalue weighted by atomic mass is 10.1. The highest BCUT2D eigenvalue weighted by Crippen LogP contribution is 2.36. The van der Waals surface area contributed by atoms with E-state index in [9.17, 15) is 4.39 Å². The minimum Gasteiger partial charge on any atom is -0.329 e. The molecule has 2 aromatic rings. The smallest absolute Gasteiger partial charge is 0.123 e. The van der Waals surface area contributed by atoms with Gasteiger partial charge in [0.1, 0.15) is 5.82 Å². The lowest BCUT2D eigenvalue weighted by molar-refractivity contribution is 0.625. The first kappa shape index (κ1) is 11.6. The summed E-state index contributed by atoms with van der Waals surface area (Å²) >= 11 is 3.36. The first-order valence-electron chi connectivity index (χ1n) is 4.95. The van der Waals surface area contributed by atoms with E-state index in [0.29, 0.717) is 6.54 Å². The van der Waals surface area contributed by atoms with E-state index in [1.807, 2.05) is 17.5 Å². The topological polar surface area (TPSA) is 26.0 Å². The van der Waals surface area contributed by atoms with Crippen LogP contribution in [0.3, 0.4) is 0 Å². The molecule has 1 unspecified atom stereocenters. The number of thioether (sulfide) groups is 1. The van der Waals surface area contributed by atoms with E-state index in [2.05, 4.69) is 6.07 Å². The summed E-state index contributed by atoms with van der Waals surface area (Å²) in [7, 11) is 0. The van der Waals surface area contributed by atoms with Crippen LogP contribution in [-0.2, 0) is 0 Å². The second kappa shape index (κ2) is 5.48. The third-order valence-electron chi connectivity index (χ3n) is 2.19. The zero-order valence-corrected chi connectivity index (χ0v) is 10.2. The Bertz CT molecular complexity index is 442. The maximum atomic E-state index is 13.1. The van der Waals surface area contributed by atoms with Crippen LogP contribution in [0.4, 0.5) is 4.39 Å². The van der Waals surface area contributed by atoms with E-state index < -0.39 is 0 Å². The van der Waals surface area contributed by atoms with Crippen LogP contribution in [0.15, 0.2) is 46.0 Å². The molecule has 16 heavy (non-hydrogen) atoms. The molecule has 1 atom stereocenters. The molecular weight excluding hydrogens is 241 g/mol. The second-order valence-electron chi connectivity index (χ2n) is 3.33. The number of rotatable bonds is 4. The van der Waals surface area contributed by atoms with Gasteiger partial charge in [0.05, 0.1) is 4.21 Å². The van der Waals surface area contributed by atoms with Gasteiger partial charge < -0.3 is 5.73 Å². The number of halogens is 1. The molecular formula is C12H12FNS2. The first-order valence-corrected chi connectivity index (χ1v) is 6.71. The van der Waals surface area contributed by atoms with Crippen molar-refractivity contribution in [1.29, 1.82) is 0 Å². The van der Waals surface area contributed by atoms with E-state index in [0.717, 1.165) is 5.56 Å². The maximum Gasteiger partial charge on any atom is 0.123 e. The third kappa shape index (κ3) is 2.84. The first-order chi connectivity index (χ1) is 7.79. The van der Waals surface area contributed by atoms with Crippen LogP contribution in [-0.4, -0.2) is 6.54 Å². The summed E-state index contributed by atoms with van der Waals surface area (Å²) in [5, 5.41) is 2.15. The molecule has 0 radical (unpaired) electrons. The summed E-state index contributed by atoms with van der Waals surface area (Å²) in [6.07, 6.45) is 0. The minimum absolute atomic E-state index is 0.120. The average molecular weight is 253 g/mol. The Morgan fingerprint density at radius 1 is 1.31 bits per heavy atom. The molecule has 2 N–H and O–H groups in total. The number of hydrogen-bond donors (Lipinski definition) is 1. The van der Waals surface area contributed by atoms with Gasteiger partial charge in [0.2, 0.25) is 0 Å². The monoisotopic (exact) mass is 253 g/mol. The van der Waals surface area contributed by atoms with Crippen molar-refractivity contribution in [3.63, 3.8) is 0 Å². The van der Waals surface area contributed by atoms with Gasteiger partial charge >= 0.3 is 0 Å². The third-order valence-corrected chi connectivity index (χ3v) is 4.54. The van der Waals surface area contributed by atoms with Gasteiger partial charge in [0.25, 0.3) is 0 Å². The lowest BCUT2D eigenvalue weighted by Crippen LogP contribution is -2.09. The maximum absolute atomic E-state index is 13.1. The molecule has 0 spiro atoms. The number of nitrogens with two attached hydrogens (primary N) is 1. The van der Waals surface area contributed by atoms with E-state index >= 15 is 0 Å². The van der Waals surface area contributed by atoms with Crippen molar-refractivity contribution < 1.29 is 4.39 Å². The molecule has 4 heteroatoms. The molecule has 0 amide bonds. The van der Waals surface area contributed by atoms with Crippen LogP contribution in [0, 0.1) is 5.82 Å². The summed E-state index contributed by atoms with van der Waals surface area (Å²) < 4.78 is 14.3. The normalized spacial score (nSPS) is 12.6. The summed E-state index contributed by atoms with van der Waals surface area (Å²) in [6.45, 7) is 0.506. The molecule has 2 rings (SSSR count). The fraction of sp³-hybridized carbons (Fsp3) is 0.167. The average Bonchev–Trinajstić information content (AvgIpc) is 2.78. The van der Waals surface area contributed by atoms with Gasteiger partial charge in [-0.3, -0.25) is 0 Å². The Labute approximate surface area is 102 Å². The zero-order chi connectivity index (χ0) is 11.4. The van der Waals surface area contributed by atoms with Crippen LogP contribution < -0.4 is 5.73 Å². The fourth-order valence-corrected chi connectivity index (χ4v) is 3.43. The fourth-order valence-electron chi connectivity index (χ4n) is 1.43.